The zero-order valence-corrected chi connectivity index (χ0v) is 13.1. The van der Waals surface area contributed by atoms with Crippen molar-refractivity contribution in [1.82, 2.24) is 14.7 Å². The quantitative estimate of drug-likeness (QED) is 0.857. The Hall–Kier alpha value is -1.72. The summed E-state index contributed by atoms with van der Waals surface area (Å²) in [6.45, 7) is 12.7. The van der Waals surface area contributed by atoms with Gasteiger partial charge in [0.25, 0.3) is 0 Å². The van der Waals surface area contributed by atoms with E-state index in [0.717, 1.165) is 17.8 Å². The minimum atomic E-state index is -0.512. The third-order valence-electron chi connectivity index (χ3n) is 3.58. The minimum absolute atomic E-state index is 0.331. The molecule has 1 aliphatic rings. The first kappa shape index (κ1) is 14.7. The van der Waals surface area contributed by atoms with E-state index in [-0.39, 0.29) is 6.09 Å². The Morgan fingerprint density at radius 1 is 1.45 bits per heavy atom. The average Bonchev–Trinajstić information content (AvgIpc) is 2.73. The van der Waals surface area contributed by atoms with Gasteiger partial charge in [0.05, 0.1) is 17.8 Å². The number of carbonyl (C=O) groups excluding carboxylic acids is 1. The molecule has 1 amide bonds. The molecule has 0 atom stereocenters. The maximum atomic E-state index is 12.3. The molecule has 0 bridgehead atoms. The Bertz CT molecular complexity index is 540. The van der Waals surface area contributed by atoms with Crippen molar-refractivity contribution in [1.29, 1.82) is 0 Å². The van der Waals surface area contributed by atoms with E-state index in [9.17, 15) is 4.79 Å². The van der Waals surface area contributed by atoms with E-state index in [1.54, 1.807) is 9.58 Å². The van der Waals surface area contributed by atoms with Crippen LogP contribution in [-0.2, 0) is 23.4 Å². The molecule has 0 unspecified atom stereocenters. The van der Waals surface area contributed by atoms with Crippen LogP contribution in [0.3, 0.4) is 0 Å². The smallest absolute Gasteiger partial charge is 0.411 e. The molecule has 6 nitrogen and oxygen atoms in total. The summed E-state index contributed by atoms with van der Waals surface area (Å²) in [7, 11) is 0. The number of rotatable bonds is 1. The Kier molecular flexibility index (Phi) is 3.23. The lowest BCUT2D eigenvalue weighted by Gasteiger charge is -2.33. The molecule has 0 radical (unpaired) electrons. The van der Waals surface area contributed by atoms with Crippen molar-refractivity contribution in [3.63, 3.8) is 0 Å². The summed E-state index contributed by atoms with van der Waals surface area (Å²) in [5.41, 5.74) is 6.87. The number of carbonyl (C=O) groups is 1. The first-order valence-corrected chi connectivity index (χ1v) is 6.94. The second-order valence-electron chi connectivity index (χ2n) is 6.65. The highest BCUT2D eigenvalue weighted by molar-refractivity contribution is 5.72. The normalized spacial score (nSPS) is 17.2. The Morgan fingerprint density at radius 3 is 2.50 bits per heavy atom. The van der Waals surface area contributed by atoms with E-state index in [4.69, 9.17) is 10.5 Å². The molecule has 1 aromatic rings. The van der Waals surface area contributed by atoms with E-state index in [1.165, 1.54) is 0 Å². The maximum absolute atomic E-state index is 12.3. The zero-order valence-electron chi connectivity index (χ0n) is 13.1. The van der Waals surface area contributed by atoms with Crippen LogP contribution in [0.5, 0.6) is 0 Å². The summed E-state index contributed by atoms with van der Waals surface area (Å²) >= 11 is 0. The van der Waals surface area contributed by atoms with Crippen LogP contribution >= 0.6 is 0 Å². The lowest BCUT2D eigenvalue weighted by molar-refractivity contribution is 0.00438. The molecule has 2 N–H and O–H groups in total. The Labute approximate surface area is 119 Å². The summed E-state index contributed by atoms with van der Waals surface area (Å²) in [5.74, 6) is 0.640. The molecule has 0 saturated heterocycles. The van der Waals surface area contributed by atoms with Gasteiger partial charge in [-0.15, -0.1) is 0 Å². The monoisotopic (exact) mass is 280 g/mol. The molecule has 1 aliphatic heterocycles. The largest absolute Gasteiger partial charge is 0.444 e. The lowest BCUT2D eigenvalue weighted by Crippen LogP contribution is -2.43. The summed E-state index contributed by atoms with van der Waals surface area (Å²) < 4.78 is 7.24. The fourth-order valence-electron chi connectivity index (χ4n) is 2.49. The maximum Gasteiger partial charge on any atom is 0.411 e. The van der Waals surface area contributed by atoms with Crippen molar-refractivity contribution < 1.29 is 9.53 Å². The van der Waals surface area contributed by atoms with Gasteiger partial charge in [0.2, 0.25) is 0 Å². The molecule has 2 heterocycles. The van der Waals surface area contributed by atoms with E-state index >= 15 is 0 Å². The topological polar surface area (TPSA) is 73.4 Å². The number of aryl methyl sites for hydroxylation is 1. The Balaban J connectivity index is 2.32. The van der Waals surface area contributed by atoms with Gasteiger partial charge >= 0.3 is 6.09 Å². The Morgan fingerprint density at radius 2 is 2.05 bits per heavy atom. The summed E-state index contributed by atoms with van der Waals surface area (Å²) in [6.07, 6.45) is -0.331. The first-order valence-electron chi connectivity index (χ1n) is 6.94. The van der Waals surface area contributed by atoms with Crippen LogP contribution < -0.4 is 5.73 Å². The van der Waals surface area contributed by atoms with Crippen LogP contribution in [0.15, 0.2) is 0 Å². The SMILES string of the molecule is CCn1nc2c(c1N)CN(C(=O)OC(C)(C)C)C2(C)C. The highest BCUT2D eigenvalue weighted by Gasteiger charge is 2.45. The van der Waals surface area contributed by atoms with Crippen LogP contribution in [0.25, 0.3) is 0 Å². The fraction of sp³-hybridized carbons (Fsp3) is 0.714. The van der Waals surface area contributed by atoms with Crippen molar-refractivity contribution in [2.24, 2.45) is 0 Å². The number of hydrogen-bond donors (Lipinski definition) is 1. The van der Waals surface area contributed by atoms with Crippen molar-refractivity contribution in [3.8, 4) is 0 Å². The second-order valence-corrected chi connectivity index (χ2v) is 6.65. The van der Waals surface area contributed by atoms with Gasteiger partial charge in [0.1, 0.15) is 11.4 Å². The molecule has 1 aromatic heterocycles. The molecule has 0 saturated carbocycles. The standard InChI is InChI=1S/C14H24N4O2/c1-7-18-11(15)9-8-17(12(19)20-13(2,3)4)14(5,6)10(9)16-18/h7-8,15H2,1-6H3. The number of ether oxygens (including phenoxy) is 1. The molecule has 2 rings (SSSR count). The predicted molar refractivity (Wildman–Crippen MR) is 77.1 cm³/mol. The van der Waals surface area contributed by atoms with E-state index in [1.807, 2.05) is 41.5 Å². The van der Waals surface area contributed by atoms with Gasteiger partial charge < -0.3 is 10.5 Å². The van der Waals surface area contributed by atoms with Crippen LogP contribution in [0.1, 0.15) is 52.8 Å². The number of aromatic nitrogens is 2. The van der Waals surface area contributed by atoms with Gasteiger partial charge in [0, 0.05) is 12.1 Å². The highest BCUT2D eigenvalue weighted by atomic mass is 16.6. The highest BCUT2D eigenvalue weighted by Crippen LogP contribution is 2.41. The van der Waals surface area contributed by atoms with Crippen LogP contribution in [-0.4, -0.2) is 26.4 Å². The minimum Gasteiger partial charge on any atom is -0.444 e. The molecular formula is C14H24N4O2. The van der Waals surface area contributed by atoms with E-state index < -0.39 is 11.1 Å². The molecule has 0 spiro atoms. The molecule has 0 fully saturated rings. The van der Waals surface area contributed by atoms with Crippen LogP contribution in [0.2, 0.25) is 0 Å². The van der Waals surface area contributed by atoms with Crippen LogP contribution in [0.4, 0.5) is 10.6 Å². The average molecular weight is 280 g/mol. The number of fused-ring (bicyclic) bond motifs is 1. The summed E-state index contributed by atoms with van der Waals surface area (Å²) in [5, 5.41) is 4.53. The van der Waals surface area contributed by atoms with Gasteiger partial charge in [-0.25, -0.2) is 9.48 Å². The molecule has 6 heteroatoms. The van der Waals surface area contributed by atoms with Gasteiger partial charge in [-0.3, -0.25) is 4.90 Å². The van der Waals surface area contributed by atoms with Crippen molar-refractivity contribution in [2.45, 2.75) is 65.8 Å². The van der Waals surface area contributed by atoms with Crippen LogP contribution in [0, 0.1) is 0 Å². The zero-order chi connectivity index (χ0) is 15.3. The molecular weight excluding hydrogens is 256 g/mol. The summed E-state index contributed by atoms with van der Waals surface area (Å²) in [6, 6.07) is 0. The number of nitrogen functional groups attached to an aromatic ring is 1. The molecule has 20 heavy (non-hydrogen) atoms. The second kappa shape index (κ2) is 4.40. The molecule has 0 aliphatic carbocycles. The fourth-order valence-corrected chi connectivity index (χ4v) is 2.49. The number of anilines is 1. The third kappa shape index (κ3) is 2.23. The third-order valence-corrected chi connectivity index (χ3v) is 3.58. The van der Waals surface area contributed by atoms with Crippen molar-refractivity contribution in [3.05, 3.63) is 11.3 Å². The van der Waals surface area contributed by atoms with Gasteiger partial charge in [-0.2, -0.15) is 5.10 Å². The van der Waals surface area contributed by atoms with Gasteiger partial charge in [-0.1, -0.05) is 0 Å². The number of nitrogens with zero attached hydrogens (tertiary/aromatic N) is 3. The summed E-state index contributed by atoms with van der Waals surface area (Å²) in [4.78, 5) is 14.0. The van der Waals surface area contributed by atoms with Gasteiger partial charge in [0.15, 0.2) is 0 Å². The number of amides is 1. The van der Waals surface area contributed by atoms with Crippen molar-refractivity contribution >= 4 is 11.9 Å². The first-order chi connectivity index (χ1) is 9.08. The predicted octanol–water partition coefficient (Wildman–Crippen LogP) is 2.47. The van der Waals surface area contributed by atoms with Gasteiger partial charge in [-0.05, 0) is 41.5 Å². The number of hydrogen-bond acceptors (Lipinski definition) is 4. The lowest BCUT2D eigenvalue weighted by atomic mass is 10.0. The molecule has 112 valence electrons. The van der Waals surface area contributed by atoms with Crippen molar-refractivity contribution in [2.75, 3.05) is 5.73 Å². The van der Waals surface area contributed by atoms with E-state index in [0.29, 0.717) is 12.4 Å². The molecule has 0 aromatic carbocycles. The number of nitrogens with two attached hydrogens (primary N) is 1. The van der Waals surface area contributed by atoms with E-state index in [2.05, 4.69) is 5.10 Å².